The zero-order valence-electron chi connectivity index (χ0n) is 31.1. The predicted octanol–water partition coefficient (Wildman–Crippen LogP) is 8.71. The topological polar surface area (TPSA) is 123 Å². The van der Waals surface area contributed by atoms with Gasteiger partial charge < -0.3 is 19.3 Å². The lowest BCUT2D eigenvalue weighted by Crippen LogP contribution is -2.62. The standard InChI is InChI=1S/C43H51NO7/c1-27-31-12-13-34-41(4,32(31)24-33(45)36(27)46)17-19-43(6)35-25-40(3,15-14-39(35,2)16-18-42(34,43)5)38(48)51-21-9-20-50-30-11-8-10-28(23-30)22-29(26-44)37(47)49-7/h8,10-13,22-24,35,46H,9,14-21,25H2,1-7H3/b29-22-/t35-,39-,40-,41+,42-,43+/m1/s1. The van der Waals surface area contributed by atoms with E-state index in [-0.39, 0.29) is 51.4 Å². The van der Waals surface area contributed by atoms with Crippen LogP contribution in [0.1, 0.15) is 98.5 Å². The van der Waals surface area contributed by atoms with Gasteiger partial charge in [0, 0.05) is 17.4 Å². The van der Waals surface area contributed by atoms with E-state index in [9.17, 15) is 24.8 Å². The van der Waals surface area contributed by atoms with E-state index in [0.29, 0.717) is 35.8 Å². The Morgan fingerprint density at radius 2 is 1.76 bits per heavy atom. The van der Waals surface area contributed by atoms with Crippen LogP contribution in [0.5, 0.6) is 5.75 Å². The third-order valence-corrected chi connectivity index (χ3v) is 13.9. The zero-order chi connectivity index (χ0) is 37.0. The Morgan fingerprint density at radius 3 is 2.49 bits per heavy atom. The quantitative estimate of drug-likeness (QED) is 0.124. The number of aliphatic hydroxyl groups is 1. The van der Waals surface area contributed by atoms with Crippen molar-refractivity contribution in [1.82, 2.24) is 0 Å². The fraction of sp³-hybridized carbons (Fsp3) is 0.535. The fourth-order valence-corrected chi connectivity index (χ4v) is 10.3. The molecule has 3 saturated carbocycles. The SMILES string of the molecule is COC(=O)/C(C#N)=C\c1cccc(OCCCOC(=O)[C@]2(C)CC[C@]3(C)CC[C@]4(C)C5=CC=C6C(=CC(=O)C(O)=C6C)[C@]5(C)CC[C@@]4(C)[C@@H]3C2)c1. The number of nitrogens with zero attached hydrogens (tertiary/aromatic N) is 1. The molecular weight excluding hydrogens is 642 g/mol. The maximum absolute atomic E-state index is 13.8. The van der Waals surface area contributed by atoms with Crippen molar-refractivity contribution in [3.05, 3.63) is 81.7 Å². The number of allylic oxidation sites excluding steroid dienone is 7. The van der Waals surface area contributed by atoms with Gasteiger partial charge in [-0.05, 0) is 122 Å². The minimum atomic E-state index is -0.695. The summed E-state index contributed by atoms with van der Waals surface area (Å²) in [6.07, 6.45) is 14.7. The molecule has 8 nitrogen and oxygen atoms in total. The zero-order valence-corrected chi connectivity index (χ0v) is 31.1. The minimum absolute atomic E-state index is 0.0483. The second kappa shape index (κ2) is 13.0. The largest absolute Gasteiger partial charge is 0.504 e. The monoisotopic (exact) mass is 693 g/mol. The highest BCUT2D eigenvalue weighted by Crippen LogP contribution is 2.75. The molecule has 270 valence electrons. The molecule has 5 aliphatic carbocycles. The van der Waals surface area contributed by atoms with E-state index in [4.69, 9.17) is 9.47 Å². The van der Waals surface area contributed by atoms with Gasteiger partial charge in [0.1, 0.15) is 17.4 Å². The summed E-state index contributed by atoms with van der Waals surface area (Å²) >= 11 is 0. The van der Waals surface area contributed by atoms with E-state index in [0.717, 1.165) is 56.1 Å². The first-order chi connectivity index (χ1) is 24.0. The molecule has 8 heteroatoms. The van der Waals surface area contributed by atoms with Gasteiger partial charge >= 0.3 is 11.9 Å². The van der Waals surface area contributed by atoms with E-state index in [2.05, 4.69) is 51.5 Å². The van der Waals surface area contributed by atoms with Crippen LogP contribution >= 0.6 is 0 Å². The summed E-state index contributed by atoms with van der Waals surface area (Å²) < 4.78 is 16.5. The molecule has 0 saturated heterocycles. The van der Waals surface area contributed by atoms with Crippen LogP contribution < -0.4 is 4.74 Å². The lowest BCUT2D eigenvalue weighted by atomic mass is 9.34. The van der Waals surface area contributed by atoms with E-state index in [1.54, 1.807) is 30.3 Å². The molecule has 0 radical (unpaired) electrons. The van der Waals surface area contributed by atoms with Gasteiger partial charge in [-0.3, -0.25) is 9.59 Å². The first-order valence-corrected chi connectivity index (χ1v) is 18.3. The molecule has 51 heavy (non-hydrogen) atoms. The molecule has 0 amide bonds. The number of ether oxygens (including phenoxy) is 3. The van der Waals surface area contributed by atoms with Crippen LogP contribution in [0.15, 0.2) is 76.1 Å². The average molecular weight is 694 g/mol. The highest BCUT2D eigenvalue weighted by Gasteiger charge is 2.67. The van der Waals surface area contributed by atoms with Gasteiger partial charge in [-0.15, -0.1) is 0 Å². The molecule has 3 fully saturated rings. The van der Waals surface area contributed by atoms with Crippen molar-refractivity contribution in [2.24, 2.45) is 33.0 Å². The third-order valence-electron chi connectivity index (χ3n) is 13.9. The predicted molar refractivity (Wildman–Crippen MR) is 194 cm³/mol. The van der Waals surface area contributed by atoms with Crippen molar-refractivity contribution in [2.45, 2.75) is 92.9 Å². The molecule has 0 bridgehead atoms. The molecule has 0 aliphatic heterocycles. The number of ketones is 1. The molecule has 1 aromatic rings. The third kappa shape index (κ3) is 5.87. The summed E-state index contributed by atoms with van der Waals surface area (Å²) in [6.45, 7) is 14.1. The Hall–Kier alpha value is -4.38. The summed E-state index contributed by atoms with van der Waals surface area (Å²) in [5.41, 5.74) is 3.68. The minimum Gasteiger partial charge on any atom is -0.504 e. The van der Waals surface area contributed by atoms with Crippen molar-refractivity contribution in [3.8, 4) is 11.8 Å². The second-order valence-corrected chi connectivity index (χ2v) is 16.7. The lowest BCUT2D eigenvalue weighted by Gasteiger charge is -2.70. The van der Waals surface area contributed by atoms with Crippen LogP contribution in [0.2, 0.25) is 0 Å². The van der Waals surface area contributed by atoms with Crippen LogP contribution in [-0.2, 0) is 23.9 Å². The number of carbonyl (C=O) groups excluding carboxylic acids is 3. The summed E-state index contributed by atoms with van der Waals surface area (Å²) in [5, 5.41) is 19.7. The number of aliphatic hydroxyl groups excluding tert-OH is 1. The van der Waals surface area contributed by atoms with Crippen LogP contribution in [0.4, 0.5) is 0 Å². The number of fused-ring (bicyclic) bond motifs is 7. The Balaban J connectivity index is 1.13. The van der Waals surface area contributed by atoms with Crippen LogP contribution in [0, 0.1) is 44.3 Å². The molecule has 0 heterocycles. The molecule has 1 N–H and O–H groups in total. The summed E-state index contributed by atoms with van der Waals surface area (Å²) in [5.74, 6) is -0.386. The smallest absolute Gasteiger partial charge is 0.348 e. The van der Waals surface area contributed by atoms with Crippen molar-refractivity contribution in [2.75, 3.05) is 20.3 Å². The van der Waals surface area contributed by atoms with Crippen molar-refractivity contribution in [3.63, 3.8) is 0 Å². The number of carbonyl (C=O) groups is 3. The highest BCUT2D eigenvalue weighted by molar-refractivity contribution is 6.06. The maximum Gasteiger partial charge on any atom is 0.348 e. The summed E-state index contributed by atoms with van der Waals surface area (Å²) in [7, 11) is 1.23. The maximum atomic E-state index is 13.8. The fourth-order valence-electron chi connectivity index (χ4n) is 10.3. The molecule has 0 unspecified atom stereocenters. The van der Waals surface area contributed by atoms with Crippen molar-refractivity contribution < 1.29 is 33.7 Å². The van der Waals surface area contributed by atoms with E-state index in [1.807, 2.05) is 13.0 Å². The van der Waals surface area contributed by atoms with Gasteiger partial charge in [0.15, 0.2) is 5.76 Å². The van der Waals surface area contributed by atoms with Crippen molar-refractivity contribution >= 4 is 23.8 Å². The number of methoxy groups -OCH3 is 1. The molecule has 0 spiro atoms. The number of nitriles is 1. The Kier molecular flexibility index (Phi) is 9.27. The Morgan fingerprint density at radius 1 is 1.02 bits per heavy atom. The van der Waals surface area contributed by atoms with Crippen LogP contribution in [-0.4, -0.2) is 43.2 Å². The Labute approximate surface area is 301 Å². The van der Waals surface area contributed by atoms with Gasteiger partial charge in [0.25, 0.3) is 0 Å². The van der Waals surface area contributed by atoms with Crippen LogP contribution in [0.25, 0.3) is 6.08 Å². The van der Waals surface area contributed by atoms with Crippen molar-refractivity contribution in [1.29, 1.82) is 5.26 Å². The number of rotatable bonds is 8. The highest BCUT2D eigenvalue weighted by atomic mass is 16.5. The van der Waals surface area contributed by atoms with Gasteiger partial charge in [-0.1, -0.05) is 57.6 Å². The molecule has 5 aliphatic rings. The van der Waals surface area contributed by atoms with Gasteiger partial charge in [0.2, 0.25) is 5.78 Å². The molecule has 6 rings (SSSR count). The van der Waals surface area contributed by atoms with Gasteiger partial charge in [0.05, 0.1) is 25.7 Å². The van der Waals surface area contributed by atoms with Gasteiger partial charge in [-0.2, -0.15) is 5.26 Å². The number of benzene rings is 1. The Bertz CT molecular complexity index is 1870. The number of hydrogen-bond acceptors (Lipinski definition) is 8. The first kappa shape index (κ1) is 36.4. The second-order valence-electron chi connectivity index (χ2n) is 16.7. The molecule has 6 atom stereocenters. The first-order valence-electron chi connectivity index (χ1n) is 18.3. The summed E-state index contributed by atoms with van der Waals surface area (Å²) in [6, 6.07) is 8.95. The van der Waals surface area contributed by atoms with Gasteiger partial charge in [-0.25, -0.2) is 4.79 Å². The molecule has 1 aromatic carbocycles. The summed E-state index contributed by atoms with van der Waals surface area (Å²) in [4.78, 5) is 38.4. The average Bonchev–Trinajstić information content (AvgIpc) is 3.11. The molecular formula is C43H51NO7. The van der Waals surface area contributed by atoms with E-state index >= 15 is 0 Å². The molecule has 0 aromatic heterocycles. The number of esters is 2. The van der Waals surface area contributed by atoms with Crippen LogP contribution in [0.3, 0.4) is 0 Å². The number of hydrogen-bond donors (Lipinski definition) is 1. The normalized spacial score (nSPS) is 34.3. The lowest BCUT2D eigenvalue weighted by molar-refractivity contribution is -0.182. The van der Waals surface area contributed by atoms with E-state index in [1.165, 1.54) is 18.8 Å². The van der Waals surface area contributed by atoms with E-state index < -0.39 is 11.4 Å².